The van der Waals surface area contributed by atoms with Crippen LogP contribution in [0.1, 0.15) is 32.6 Å². The molecular weight excluding hydrogens is 254 g/mol. The summed E-state index contributed by atoms with van der Waals surface area (Å²) in [7, 11) is -3.21. The topological polar surface area (TPSA) is 92.5 Å². The van der Waals surface area contributed by atoms with Crippen molar-refractivity contribution in [2.45, 2.75) is 44.7 Å². The van der Waals surface area contributed by atoms with E-state index in [0.29, 0.717) is 19.5 Å². The molecule has 0 spiro atoms. The van der Waals surface area contributed by atoms with Gasteiger partial charge >= 0.3 is 0 Å². The second-order valence-electron chi connectivity index (χ2n) is 4.94. The Morgan fingerprint density at radius 1 is 1.56 bits per heavy atom. The molecular formula is C11H23N3O3S. The molecule has 7 heteroatoms. The van der Waals surface area contributed by atoms with Crippen LogP contribution in [0.3, 0.4) is 0 Å². The summed E-state index contributed by atoms with van der Waals surface area (Å²) in [5.74, 6) is 0.0179. The molecule has 1 aliphatic rings. The number of nitrogens with zero attached hydrogens (tertiary/aromatic N) is 1. The van der Waals surface area contributed by atoms with Gasteiger partial charge in [0.05, 0.1) is 6.26 Å². The first kappa shape index (κ1) is 15.4. The van der Waals surface area contributed by atoms with Gasteiger partial charge in [-0.25, -0.2) is 13.1 Å². The van der Waals surface area contributed by atoms with E-state index in [2.05, 4.69) is 4.72 Å². The van der Waals surface area contributed by atoms with Gasteiger partial charge in [0.25, 0.3) is 0 Å². The van der Waals surface area contributed by atoms with Crippen molar-refractivity contribution >= 4 is 15.9 Å². The van der Waals surface area contributed by atoms with E-state index < -0.39 is 10.0 Å². The summed E-state index contributed by atoms with van der Waals surface area (Å²) in [5, 5.41) is 0. The summed E-state index contributed by atoms with van der Waals surface area (Å²) < 4.78 is 24.9. The van der Waals surface area contributed by atoms with Crippen molar-refractivity contribution in [1.29, 1.82) is 0 Å². The fourth-order valence-electron chi connectivity index (χ4n) is 2.10. The molecule has 106 valence electrons. The summed E-state index contributed by atoms with van der Waals surface area (Å²) >= 11 is 0. The summed E-state index contributed by atoms with van der Waals surface area (Å²) in [6, 6.07) is -0.281. The Balaban J connectivity index is 2.50. The van der Waals surface area contributed by atoms with Crippen LogP contribution in [0, 0.1) is 0 Å². The van der Waals surface area contributed by atoms with Crippen LogP contribution < -0.4 is 10.5 Å². The Hall–Kier alpha value is -0.660. The first-order valence-electron chi connectivity index (χ1n) is 6.32. The van der Waals surface area contributed by atoms with Crippen molar-refractivity contribution in [3.8, 4) is 0 Å². The van der Waals surface area contributed by atoms with Crippen molar-refractivity contribution in [1.82, 2.24) is 9.62 Å². The van der Waals surface area contributed by atoms with E-state index in [1.807, 2.05) is 6.92 Å². The van der Waals surface area contributed by atoms with E-state index >= 15 is 0 Å². The third kappa shape index (κ3) is 5.32. The quantitative estimate of drug-likeness (QED) is 0.718. The van der Waals surface area contributed by atoms with Crippen molar-refractivity contribution < 1.29 is 13.2 Å². The molecule has 1 aliphatic heterocycles. The van der Waals surface area contributed by atoms with E-state index in [-0.39, 0.29) is 18.0 Å². The number of likely N-dealkylation sites (tertiary alicyclic amines) is 1. The van der Waals surface area contributed by atoms with Gasteiger partial charge in [-0.1, -0.05) is 6.92 Å². The maximum absolute atomic E-state index is 11.9. The zero-order valence-electron chi connectivity index (χ0n) is 11.1. The first-order chi connectivity index (χ1) is 8.31. The van der Waals surface area contributed by atoms with E-state index in [1.165, 1.54) is 0 Å². The number of sulfonamides is 1. The van der Waals surface area contributed by atoms with Gasteiger partial charge < -0.3 is 10.6 Å². The second kappa shape index (κ2) is 6.49. The summed E-state index contributed by atoms with van der Waals surface area (Å²) in [6.45, 7) is 3.09. The van der Waals surface area contributed by atoms with Crippen LogP contribution >= 0.6 is 0 Å². The minimum Gasteiger partial charge on any atom is -0.341 e. The number of piperidine rings is 1. The Labute approximate surface area is 109 Å². The van der Waals surface area contributed by atoms with Gasteiger partial charge in [0.1, 0.15) is 0 Å². The lowest BCUT2D eigenvalue weighted by Crippen LogP contribution is -2.50. The van der Waals surface area contributed by atoms with Crippen molar-refractivity contribution in [3.63, 3.8) is 0 Å². The molecule has 2 unspecified atom stereocenters. The molecule has 3 N–H and O–H groups in total. The maximum Gasteiger partial charge on any atom is 0.224 e. The normalized spacial score (nSPS) is 22.8. The minimum absolute atomic E-state index is 0.0179. The number of nitrogens with two attached hydrogens (primary N) is 1. The van der Waals surface area contributed by atoms with Crippen molar-refractivity contribution in [2.75, 3.05) is 19.3 Å². The predicted octanol–water partition coefficient (Wildman–Crippen LogP) is -0.346. The summed E-state index contributed by atoms with van der Waals surface area (Å²) in [5.41, 5.74) is 5.76. The first-order valence-corrected chi connectivity index (χ1v) is 8.21. The van der Waals surface area contributed by atoms with Crippen LogP contribution in [0.25, 0.3) is 0 Å². The molecule has 0 aromatic carbocycles. The maximum atomic E-state index is 11.9. The molecule has 18 heavy (non-hydrogen) atoms. The highest BCUT2D eigenvalue weighted by Gasteiger charge is 2.25. The molecule has 1 fully saturated rings. The number of hydrogen-bond donors (Lipinski definition) is 2. The third-order valence-electron chi connectivity index (χ3n) is 3.12. The lowest BCUT2D eigenvalue weighted by molar-refractivity contribution is -0.132. The molecule has 1 rings (SSSR count). The monoisotopic (exact) mass is 277 g/mol. The molecule has 2 atom stereocenters. The number of hydrogen-bond acceptors (Lipinski definition) is 4. The Morgan fingerprint density at radius 2 is 2.22 bits per heavy atom. The van der Waals surface area contributed by atoms with Gasteiger partial charge in [0.15, 0.2) is 0 Å². The Morgan fingerprint density at radius 3 is 2.78 bits per heavy atom. The average Bonchev–Trinajstić information content (AvgIpc) is 2.26. The second-order valence-corrected chi connectivity index (χ2v) is 6.72. The van der Waals surface area contributed by atoms with Gasteiger partial charge in [-0.05, 0) is 19.3 Å². The van der Waals surface area contributed by atoms with E-state index in [9.17, 15) is 13.2 Å². The summed E-state index contributed by atoms with van der Waals surface area (Å²) in [4.78, 5) is 13.7. The average molecular weight is 277 g/mol. The fourth-order valence-corrected chi connectivity index (χ4v) is 2.90. The predicted molar refractivity (Wildman–Crippen MR) is 70.5 cm³/mol. The van der Waals surface area contributed by atoms with Gasteiger partial charge in [0, 0.05) is 31.6 Å². The van der Waals surface area contributed by atoms with E-state index in [4.69, 9.17) is 5.73 Å². The van der Waals surface area contributed by atoms with Gasteiger partial charge in [-0.15, -0.1) is 0 Å². The molecule has 0 aromatic rings. The molecule has 0 saturated carbocycles. The molecule has 0 aliphatic carbocycles. The molecule has 0 aromatic heterocycles. The van der Waals surface area contributed by atoms with Crippen LogP contribution in [0.2, 0.25) is 0 Å². The molecule has 6 nitrogen and oxygen atoms in total. The third-order valence-corrected chi connectivity index (χ3v) is 3.88. The zero-order valence-corrected chi connectivity index (χ0v) is 11.9. The number of amides is 1. The molecule has 1 amide bonds. The molecule has 1 heterocycles. The van der Waals surface area contributed by atoms with Crippen LogP contribution in [-0.2, 0) is 14.8 Å². The number of carbonyl (C=O) groups is 1. The van der Waals surface area contributed by atoms with Gasteiger partial charge in [0.2, 0.25) is 15.9 Å². The van der Waals surface area contributed by atoms with Crippen LogP contribution in [0.15, 0.2) is 0 Å². The standard InChI is InChI=1S/C11H23N3O3S/c1-3-9(12)7-11(15)14-6-4-5-10(8-14)13-18(2,16)17/h9-10,13H,3-8,12H2,1-2H3. The highest BCUT2D eigenvalue weighted by molar-refractivity contribution is 7.88. The van der Waals surface area contributed by atoms with Gasteiger partial charge in [-0.2, -0.15) is 0 Å². The number of rotatable bonds is 5. The molecule has 1 saturated heterocycles. The lowest BCUT2D eigenvalue weighted by atomic mass is 10.1. The number of nitrogens with one attached hydrogen (secondary N) is 1. The van der Waals surface area contributed by atoms with E-state index in [1.54, 1.807) is 4.90 Å². The summed E-state index contributed by atoms with van der Waals surface area (Å²) in [6.07, 6.45) is 3.84. The highest BCUT2D eigenvalue weighted by Crippen LogP contribution is 2.12. The van der Waals surface area contributed by atoms with Crippen molar-refractivity contribution in [3.05, 3.63) is 0 Å². The van der Waals surface area contributed by atoms with Crippen molar-refractivity contribution in [2.24, 2.45) is 5.73 Å². The lowest BCUT2D eigenvalue weighted by Gasteiger charge is -2.33. The van der Waals surface area contributed by atoms with Crippen LogP contribution in [-0.4, -0.2) is 50.7 Å². The number of carbonyl (C=O) groups excluding carboxylic acids is 1. The highest BCUT2D eigenvalue weighted by atomic mass is 32.2. The largest absolute Gasteiger partial charge is 0.341 e. The smallest absolute Gasteiger partial charge is 0.224 e. The van der Waals surface area contributed by atoms with Crippen LogP contribution in [0.5, 0.6) is 0 Å². The SMILES string of the molecule is CCC(N)CC(=O)N1CCCC(NS(C)(=O)=O)C1. The van der Waals surface area contributed by atoms with Crippen LogP contribution in [0.4, 0.5) is 0 Å². The molecule has 0 radical (unpaired) electrons. The zero-order chi connectivity index (χ0) is 13.8. The minimum atomic E-state index is -3.21. The Bertz CT molecular complexity index is 383. The van der Waals surface area contributed by atoms with E-state index in [0.717, 1.165) is 25.5 Å². The van der Waals surface area contributed by atoms with Gasteiger partial charge in [-0.3, -0.25) is 4.79 Å². The fraction of sp³-hybridized carbons (Fsp3) is 0.909. The Kier molecular flexibility index (Phi) is 5.55. The molecule has 0 bridgehead atoms.